The van der Waals surface area contributed by atoms with Crippen LogP contribution in [0, 0.1) is 6.92 Å². The van der Waals surface area contributed by atoms with E-state index in [9.17, 15) is 0 Å². The summed E-state index contributed by atoms with van der Waals surface area (Å²) in [6.07, 6.45) is 0. The van der Waals surface area contributed by atoms with Crippen LogP contribution in [0.2, 0.25) is 5.02 Å². The van der Waals surface area contributed by atoms with E-state index >= 15 is 0 Å². The molecule has 0 unspecified atom stereocenters. The molecule has 2 heterocycles. The van der Waals surface area contributed by atoms with Crippen LogP contribution in [0.5, 0.6) is 0 Å². The first-order chi connectivity index (χ1) is 19.2. The Balaban J connectivity index is 1.44. The molecule has 8 heteroatoms. The highest BCUT2D eigenvalue weighted by molar-refractivity contribution is 7.07. The highest BCUT2D eigenvalue weighted by Crippen LogP contribution is 2.29. The minimum absolute atomic E-state index is 0.311. The minimum Gasteiger partial charge on any atom is -0.284 e. The summed E-state index contributed by atoms with van der Waals surface area (Å²) in [6.45, 7) is 2.08. The summed E-state index contributed by atoms with van der Waals surface area (Å²) in [7, 11) is 0. The number of halogens is 1. The summed E-state index contributed by atoms with van der Waals surface area (Å²) >= 11 is 7.67. The van der Waals surface area contributed by atoms with Gasteiger partial charge in [0, 0.05) is 27.2 Å². The first-order valence-electron chi connectivity index (χ1n) is 12.3. The number of hydrogen-bond donors (Lipinski definition) is 1. The molecule has 6 nitrogen and oxygen atoms in total. The van der Waals surface area contributed by atoms with Gasteiger partial charge in [0.2, 0.25) is 4.80 Å². The van der Waals surface area contributed by atoms with E-state index in [2.05, 4.69) is 50.7 Å². The third-order valence-electron chi connectivity index (χ3n) is 6.14. The van der Waals surface area contributed by atoms with Crippen molar-refractivity contribution >= 4 is 28.9 Å². The first-order valence-corrected chi connectivity index (χ1v) is 13.6. The Bertz CT molecular complexity index is 1800. The highest BCUT2D eigenvalue weighted by Gasteiger charge is 2.14. The quantitative estimate of drug-likeness (QED) is 0.218. The van der Waals surface area contributed by atoms with E-state index in [4.69, 9.17) is 21.7 Å². The molecule has 190 valence electrons. The molecule has 0 aliphatic rings. The lowest BCUT2D eigenvalue weighted by molar-refractivity contribution is 0.941. The monoisotopic (exact) mass is 546 g/mol. The van der Waals surface area contributed by atoms with Gasteiger partial charge in [-0.25, -0.2) is 10.4 Å². The Morgan fingerprint density at radius 1 is 0.744 bits per heavy atom. The molecule has 0 spiro atoms. The van der Waals surface area contributed by atoms with Crippen molar-refractivity contribution in [2.45, 2.75) is 6.92 Å². The molecule has 39 heavy (non-hydrogen) atoms. The molecule has 1 N–H and O–H groups in total. The Hall–Kier alpha value is -4.59. The van der Waals surface area contributed by atoms with Gasteiger partial charge in [-0.05, 0) is 42.3 Å². The topological polar surface area (TPSA) is 68.0 Å². The maximum atomic E-state index is 6.15. The Labute approximate surface area is 234 Å². The van der Waals surface area contributed by atoms with Gasteiger partial charge in [0.1, 0.15) is 11.4 Å². The molecule has 4 aromatic carbocycles. The highest BCUT2D eigenvalue weighted by atomic mass is 35.5. The molecule has 6 rings (SSSR count). The fraction of sp³-hybridized carbons (Fsp3) is 0.0323. The second kappa shape index (κ2) is 11.0. The summed E-state index contributed by atoms with van der Waals surface area (Å²) in [5, 5.41) is 16.4. The van der Waals surface area contributed by atoms with Crippen molar-refractivity contribution in [2.24, 2.45) is 5.10 Å². The predicted molar refractivity (Wildman–Crippen MR) is 159 cm³/mol. The van der Waals surface area contributed by atoms with E-state index in [1.165, 1.54) is 11.3 Å². The molecule has 0 radical (unpaired) electrons. The average Bonchev–Trinajstić information content (AvgIpc) is 3.41. The van der Waals surface area contributed by atoms with Gasteiger partial charge in [-0.3, -0.25) is 4.57 Å². The normalized spacial score (nSPS) is 11.5. The van der Waals surface area contributed by atoms with Crippen LogP contribution in [0.15, 0.2) is 120 Å². The SMILES string of the molecule is Cc1cccc(-n2c(-c3ccc(Cl)cc3)cs/c2=N\Nc2nnc(-c3ccccc3)c(-c3ccccc3)n2)c1. The number of rotatable bonds is 6. The van der Waals surface area contributed by atoms with E-state index < -0.39 is 0 Å². The lowest BCUT2D eigenvalue weighted by Gasteiger charge is -2.11. The predicted octanol–water partition coefficient (Wildman–Crippen LogP) is 7.61. The number of thiazole rings is 1. The lowest BCUT2D eigenvalue weighted by atomic mass is 10.0. The number of anilines is 1. The maximum Gasteiger partial charge on any atom is 0.263 e. The first kappa shape index (κ1) is 24.7. The number of nitrogens with one attached hydrogen (secondary N) is 1. The van der Waals surface area contributed by atoms with Crippen LogP contribution in [-0.4, -0.2) is 19.7 Å². The van der Waals surface area contributed by atoms with Crippen LogP contribution < -0.4 is 10.2 Å². The molecule has 0 saturated carbocycles. The molecule has 0 aliphatic carbocycles. The maximum absolute atomic E-state index is 6.15. The van der Waals surface area contributed by atoms with Gasteiger partial charge < -0.3 is 0 Å². The van der Waals surface area contributed by atoms with Crippen LogP contribution in [-0.2, 0) is 0 Å². The number of nitrogens with zero attached hydrogens (tertiary/aromatic N) is 5. The van der Waals surface area contributed by atoms with Crippen LogP contribution in [0.1, 0.15) is 5.56 Å². The lowest BCUT2D eigenvalue weighted by Crippen LogP contribution is -2.16. The minimum atomic E-state index is 0.311. The Kier molecular flexibility index (Phi) is 6.99. The van der Waals surface area contributed by atoms with Crippen molar-refractivity contribution in [1.29, 1.82) is 0 Å². The van der Waals surface area contributed by atoms with E-state index in [-0.39, 0.29) is 0 Å². The summed E-state index contributed by atoms with van der Waals surface area (Å²) in [5.74, 6) is 0.311. The fourth-order valence-corrected chi connectivity index (χ4v) is 5.28. The summed E-state index contributed by atoms with van der Waals surface area (Å²) < 4.78 is 2.11. The van der Waals surface area contributed by atoms with Crippen molar-refractivity contribution < 1.29 is 0 Å². The zero-order valence-corrected chi connectivity index (χ0v) is 22.6. The van der Waals surface area contributed by atoms with E-state index in [1.807, 2.05) is 91.0 Å². The zero-order chi connectivity index (χ0) is 26.6. The number of benzene rings is 4. The fourth-order valence-electron chi connectivity index (χ4n) is 4.29. The van der Waals surface area contributed by atoms with Crippen molar-refractivity contribution in [3.8, 4) is 39.5 Å². The van der Waals surface area contributed by atoms with Gasteiger partial charge in [-0.2, -0.15) is 0 Å². The average molecular weight is 547 g/mol. The van der Waals surface area contributed by atoms with Crippen LogP contribution in [0.4, 0.5) is 5.95 Å². The van der Waals surface area contributed by atoms with Gasteiger partial charge in [-0.15, -0.1) is 26.6 Å². The van der Waals surface area contributed by atoms with Crippen LogP contribution >= 0.6 is 22.9 Å². The summed E-state index contributed by atoms with van der Waals surface area (Å²) in [4.78, 5) is 5.57. The van der Waals surface area contributed by atoms with Gasteiger partial charge in [0.25, 0.3) is 5.95 Å². The standard InChI is InChI=1S/C31H23ClN6S/c1-21-9-8-14-26(19-21)38-27(22-15-17-25(32)18-16-22)20-39-31(38)37-36-30-33-28(23-10-4-2-5-11-23)29(34-35-30)24-12-6-3-7-13-24/h2-20H,1H3,(H,33,35,36)/b37-31-. The molecule has 0 fully saturated rings. The smallest absolute Gasteiger partial charge is 0.263 e. The van der Waals surface area contributed by atoms with E-state index in [1.54, 1.807) is 0 Å². The van der Waals surface area contributed by atoms with Gasteiger partial charge >= 0.3 is 0 Å². The van der Waals surface area contributed by atoms with Crippen molar-refractivity contribution in [1.82, 2.24) is 19.7 Å². The molecular weight excluding hydrogens is 524 g/mol. The zero-order valence-electron chi connectivity index (χ0n) is 21.0. The second-order valence-corrected chi connectivity index (χ2v) is 10.1. The molecule has 0 saturated heterocycles. The molecule has 0 amide bonds. The van der Waals surface area contributed by atoms with E-state index in [0.717, 1.165) is 44.1 Å². The number of aryl methyl sites for hydroxylation is 1. The van der Waals surface area contributed by atoms with Gasteiger partial charge in [0.15, 0.2) is 0 Å². The summed E-state index contributed by atoms with van der Waals surface area (Å²) in [6, 6.07) is 36.0. The van der Waals surface area contributed by atoms with Gasteiger partial charge in [-0.1, -0.05) is 96.5 Å². The number of aromatic nitrogens is 4. The molecule has 2 aromatic heterocycles. The summed E-state index contributed by atoms with van der Waals surface area (Å²) in [5.41, 5.74) is 10.6. The molecular formula is C31H23ClN6S. The van der Waals surface area contributed by atoms with Crippen molar-refractivity contribution in [3.05, 3.63) is 130 Å². The van der Waals surface area contributed by atoms with Crippen molar-refractivity contribution in [3.63, 3.8) is 0 Å². The van der Waals surface area contributed by atoms with Crippen LogP contribution in [0.25, 0.3) is 39.5 Å². The molecule has 6 aromatic rings. The largest absolute Gasteiger partial charge is 0.284 e. The van der Waals surface area contributed by atoms with Crippen molar-refractivity contribution in [2.75, 3.05) is 5.43 Å². The number of hydrogen-bond acceptors (Lipinski definition) is 6. The third kappa shape index (κ3) is 5.36. The Morgan fingerprint density at radius 3 is 2.13 bits per heavy atom. The molecule has 0 bridgehead atoms. The molecule has 0 aliphatic heterocycles. The third-order valence-corrected chi connectivity index (χ3v) is 7.22. The second-order valence-electron chi connectivity index (χ2n) is 8.87. The van der Waals surface area contributed by atoms with E-state index in [0.29, 0.717) is 16.7 Å². The van der Waals surface area contributed by atoms with Gasteiger partial charge in [0.05, 0.1) is 5.69 Å². The van der Waals surface area contributed by atoms with Crippen LogP contribution in [0.3, 0.4) is 0 Å². The Morgan fingerprint density at radius 2 is 1.44 bits per heavy atom. The molecule has 0 atom stereocenters.